The Morgan fingerprint density at radius 1 is 1.38 bits per heavy atom. The predicted octanol–water partition coefficient (Wildman–Crippen LogP) is 3.20. The number of hydrogen-bond acceptors (Lipinski definition) is 3. The van der Waals surface area contributed by atoms with E-state index in [0.29, 0.717) is 22.2 Å². The molecule has 0 atom stereocenters. The van der Waals surface area contributed by atoms with Crippen molar-refractivity contribution in [2.45, 2.75) is 34.1 Å². The molecule has 0 aromatic carbocycles. The molecule has 5 heteroatoms. The number of anilines is 1. The van der Waals surface area contributed by atoms with Crippen LogP contribution in [0.1, 0.15) is 33.3 Å². The number of nitrogens with zero attached hydrogens (tertiary/aromatic N) is 1. The maximum atomic E-state index is 5.73. The van der Waals surface area contributed by atoms with Crippen molar-refractivity contribution in [2.24, 2.45) is 5.73 Å². The van der Waals surface area contributed by atoms with E-state index in [1.165, 1.54) is 0 Å². The smallest absolute Gasteiger partial charge is 0.142 e. The molecule has 1 rings (SSSR count). The zero-order valence-corrected chi connectivity index (χ0v) is 11.8. The van der Waals surface area contributed by atoms with Gasteiger partial charge in [0.2, 0.25) is 0 Å². The van der Waals surface area contributed by atoms with Crippen LogP contribution in [-0.2, 0) is 6.42 Å². The van der Waals surface area contributed by atoms with Gasteiger partial charge in [0.15, 0.2) is 0 Å². The summed E-state index contributed by atoms with van der Waals surface area (Å²) in [6.07, 6.45) is 2.11. The quantitative estimate of drug-likeness (QED) is 0.803. The van der Waals surface area contributed by atoms with Crippen molar-refractivity contribution in [3.05, 3.63) is 22.8 Å². The molecular weight excluding hydrogens is 242 g/mol. The predicted molar refractivity (Wildman–Crippen MR) is 76.8 cm³/mol. The molecule has 0 amide bonds. The first-order chi connectivity index (χ1) is 7.59. The molecular formula is C11H20ClN3S. The third-order valence-corrected chi connectivity index (χ3v) is 1.75. The fourth-order valence-corrected chi connectivity index (χ4v) is 1.14. The van der Waals surface area contributed by atoms with Crippen LogP contribution in [0.25, 0.3) is 0 Å². The lowest BCUT2D eigenvalue weighted by molar-refractivity contribution is 1.23. The van der Waals surface area contributed by atoms with E-state index in [1.807, 2.05) is 27.7 Å². The largest absolute Gasteiger partial charge is 0.393 e. The normalized spacial score (nSPS) is 8.06. The van der Waals surface area contributed by atoms with E-state index in [-0.39, 0.29) is 0 Å². The first-order valence-corrected chi connectivity index (χ1v) is 6.06. The van der Waals surface area contributed by atoms with Crippen molar-refractivity contribution < 1.29 is 0 Å². The summed E-state index contributed by atoms with van der Waals surface area (Å²) in [5, 5.41) is 0.434. The van der Waals surface area contributed by atoms with Crippen molar-refractivity contribution in [1.29, 1.82) is 0 Å². The van der Waals surface area contributed by atoms with Gasteiger partial charge in [-0.1, -0.05) is 51.5 Å². The number of pyridine rings is 1. The molecule has 0 fully saturated rings. The molecule has 0 bridgehead atoms. The summed E-state index contributed by atoms with van der Waals surface area (Å²) in [4.78, 5) is 4.28. The highest BCUT2D eigenvalue weighted by molar-refractivity contribution is 7.80. The number of rotatable bonds is 2. The first kappa shape index (κ1) is 17.5. The summed E-state index contributed by atoms with van der Waals surface area (Å²) in [5.41, 5.74) is 11.6. The van der Waals surface area contributed by atoms with Crippen LogP contribution in [0.4, 0.5) is 5.82 Å². The van der Waals surface area contributed by atoms with Crippen LogP contribution in [0.15, 0.2) is 12.3 Å². The Hall–Kier alpha value is -0.870. The standard InChI is InChI=1S/C7H8ClN3S.2C2H6/c8-5-1-4(2-6(9)12)3-11-7(5)10;2*1-2/h1,3H,2H2,(H2,9,12)(H2,10,11);2*1-2H3. The highest BCUT2D eigenvalue weighted by atomic mass is 35.5. The maximum absolute atomic E-state index is 5.73. The number of thiocarbonyl (C=S) groups is 1. The topological polar surface area (TPSA) is 64.9 Å². The molecule has 92 valence electrons. The Bertz CT molecular complexity index is 316. The van der Waals surface area contributed by atoms with E-state index in [9.17, 15) is 0 Å². The Morgan fingerprint density at radius 2 is 1.88 bits per heavy atom. The van der Waals surface area contributed by atoms with Gasteiger partial charge in [-0.05, 0) is 11.6 Å². The molecule has 16 heavy (non-hydrogen) atoms. The van der Waals surface area contributed by atoms with E-state index in [0.717, 1.165) is 5.56 Å². The second-order valence-corrected chi connectivity index (χ2v) is 3.29. The number of aromatic nitrogens is 1. The number of hydrogen-bond donors (Lipinski definition) is 2. The minimum absolute atomic E-state index is 0.323. The van der Waals surface area contributed by atoms with Gasteiger partial charge in [0.1, 0.15) is 5.82 Å². The van der Waals surface area contributed by atoms with Crippen LogP contribution < -0.4 is 11.5 Å². The van der Waals surface area contributed by atoms with Gasteiger partial charge in [0.05, 0.1) is 10.0 Å². The van der Waals surface area contributed by atoms with Gasteiger partial charge in [0, 0.05) is 12.6 Å². The lowest BCUT2D eigenvalue weighted by atomic mass is 10.2. The van der Waals surface area contributed by atoms with E-state index >= 15 is 0 Å². The van der Waals surface area contributed by atoms with Crippen molar-refractivity contribution in [1.82, 2.24) is 4.98 Å². The van der Waals surface area contributed by atoms with Crippen molar-refractivity contribution in [2.75, 3.05) is 5.73 Å². The van der Waals surface area contributed by atoms with Crippen molar-refractivity contribution >= 4 is 34.6 Å². The van der Waals surface area contributed by atoms with Gasteiger partial charge >= 0.3 is 0 Å². The Labute approximate surface area is 108 Å². The van der Waals surface area contributed by atoms with Gasteiger partial charge in [-0.3, -0.25) is 0 Å². The minimum atomic E-state index is 0.323. The number of nitrogens with two attached hydrogens (primary N) is 2. The van der Waals surface area contributed by atoms with Gasteiger partial charge in [0.25, 0.3) is 0 Å². The van der Waals surface area contributed by atoms with Crippen LogP contribution >= 0.6 is 23.8 Å². The van der Waals surface area contributed by atoms with Crippen LogP contribution in [0.5, 0.6) is 0 Å². The summed E-state index contributed by atoms with van der Waals surface area (Å²) in [6.45, 7) is 8.00. The van der Waals surface area contributed by atoms with Crippen molar-refractivity contribution in [3.63, 3.8) is 0 Å². The third-order valence-electron chi connectivity index (χ3n) is 1.30. The summed E-state index contributed by atoms with van der Waals surface area (Å²) < 4.78 is 0. The molecule has 0 aliphatic heterocycles. The lowest BCUT2D eigenvalue weighted by Crippen LogP contribution is -2.11. The van der Waals surface area contributed by atoms with Gasteiger partial charge in [-0.25, -0.2) is 4.98 Å². The van der Waals surface area contributed by atoms with Gasteiger partial charge < -0.3 is 11.5 Å². The summed E-state index contributed by atoms with van der Waals surface area (Å²) in [5.74, 6) is 0.323. The Morgan fingerprint density at radius 3 is 2.25 bits per heavy atom. The van der Waals surface area contributed by atoms with E-state index in [4.69, 9.17) is 35.3 Å². The van der Waals surface area contributed by atoms with Crippen LogP contribution in [0, 0.1) is 0 Å². The minimum Gasteiger partial charge on any atom is -0.393 e. The average molecular weight is 262 g/mol. The zero-order chi connectivity index (χ0) is 13.1. The molecule has 0 spiro atoms. The first-order valence-electron chi connectivity index (χ1n) is 5.28. The fraction of sp³-hybridized carbons (Fsp3) is 0.455. The zero-order valence-electron chi connectivity index (χ0n) is 10.2. The monoisotopic (exact) mass is 261 g/mol. The molecule has 0 unspecified atom stereocenters. The van der Waals surface area contributed by atoms with Crippen LogP contribution in [0.3, 0.4) is 0 Å². The molecule has 3 nitrogen and oxygen atoms in total. The SMILES string of the molecule is CC.CC.NC(=S)Cc1cnc(N)c(Cl)c1. The molecule has 0 aliphatic rings. The van der Waals surface area contributed by atoms with Crippen molar-refractivity contribution in [3.8, 4) is 0 Å². The summed E-state index contributed by atoms with van der Waals surface area (Å²) >= 11 is 10.5. The molecule has 0 radical (unpaired) electrons. The molecule has 4 N–H and O–H groups in total. The van der Waals surface area contributed by atoms with Gasteiger partial charge in [-0.15, -0.1) is 0 Å². The van der Waals surface area contributed by atoms with Crippen LogP contribution in [0.2, 0.25) is 5.02 Å². The summed E-state index contributed by atoms with van der Waals surface area (Å²) in [6, 6.07) is 1.71. The highest BCUT2D eigenvalue weighted by Gasteiger charge is 2.00. The molecule has 1 heterocycles. The van der Waals surface area contributed by atoms with E-state index in [1.54, 1.807) is 12.3 Å². The second-order valence-electron chi connectivity index (χ2n) is 2.35. The maximum Gasteiger partial charge on any atom is 0.142 e. The molecule has 0 saturated carbocycles. The molecule has 1 aromatic heterocycles. The average Bonchev–Trinajstić information content (AvgIpc) is 2.28. The molecule has 0 aliphatic carbocycles. The number of nitrogen functional groups attached to an aromatic ring is 1. The van der Waals surface area contributed by atoms with Crippen LogP contribution in [-0.4, -0.2) is 9.97 Å². The fourth-order valence-electron chi connectivity index (χ4n) is 0.786. The Balaban J connectivity index is 0. The summed E-state index contributed by atoms with van der Waals surface area (Å²) in [7, 11) is 0. The lowest BCUT2D eigenvalue weighted by Gasteiger charge is -2.00. The molecule has 0 saturated heterocycles. The van der Waals surface area contributed by atoms with Gasteiger partial charge in [-0.2, -0.15) is 0 Å². The third kappa shape index (κ3) is 7.43. The van der Waals surface area contributed by atoms with E-state index < -0.39 is 0 Å². The molecule has 1 aromatic rings. The number of halogens is 1. The highest BCUT2D eigenvalue weighted by Crippen LogP contribution is 2.16. The van der Waals surface area contributed by atoms with E-state index in [2.05, 4.69) is 4.98 Å². The Kier molecular flexibility index (Phi) is 11.7. The second kappa shape index (κ2) is 10.6.